The molecule has 2 rings (SSSR count). The van der Waals surface area contributed by atoms with Crippen molar-refractivity contribution >= 4 is 27.3 Å². The minimum Gasteiger partial charge on any atom is -0.435 e. The molecule has 2 aromatic rings. The van der Waals surface area contributed by atoms with Crippen molar-refractivity contribution in [3.05, 3.63) is 39.1 Å². The van der Waals surface area contributed by atoms with E-state index in [1.807, 2.05) is 0 Å². The van der Waals surface area contributed by atoms with E-state index in [1.54, 1.807) is 0 Å². The Kier molecular flexibility index (Phi) is 3.19. The second-order valence-electron chi connectivity index (χ2n) is 3.36. The zero-order chi connectivity index (χ0) is 13.3. The highest BCUT2D eigenvalue weighted by atomic mass is 79.9. The molecule has 0 aliphatic carbocycles. The molecule has 0 amide bonds. The van der Waals surface area contributed by atoms with E-state index in [4.69, 9.17) is 16.2 Å². The molecule has 0 saturated heterocycles. The van der Waals surface area contributed by atoms with Gasteiger partial charge in [-0.15, -0.1) is 0 Å². The Hall–Kier alpha value is -2.09. The van der Waals surface area contributed by atoms with Crippen LogP contribution in [0.1, 0.15) is 0 Å². The van der Waals surface area contributed by atoms with Gasteiger partial charge < -0.3 is 21.2 Å². The van der Waals surface area contributed by atoms with Crippen LogP contribution in [-0.2, 0) is 0 Å². The molecule has 0 bridgehead atoms. The number of nitrogens with two attached hydrogens (primary N) is 2. The lowest BCUT2D eigenvalue weighted by molar-refractivity contribution is 0.460. The third kappa shape index (κ3) is 2.28. The number of ether oxygens (including phenoxy) is 1. The number of nitrogen functional groups attached to an aromatic ring is 2. The van der Waals surface area contributed by atoms with Gasteiger partial charge in [-0.05, 0) is 22.0 Å². The lowest BCUT2D eigenvalue weighted by Gasteiger charge is -2.09. The number of aromatic amines is 1. The molecule has 1 aromatic carbocycles. The number of nitrogens with one attached hydrogen (secondary N) is 1. The van der Waals surface area contributed by atoms with E-state index < -0.39 is 11.4 Å². The summed E-state index contributed by atoms with van der Waals surface area (Å²) in [5, 5.41) is 0. The molecule has 94 valence electrons. The largest absolute Gasteiger partial charge is 0.435 e. The van der Waals surface area contributed by atoms with Gasteiger partial charge in [0.15, 0.2) is 11.4 Å². The van der Waals surface area contributed by atoms with Crippen molar-refractivity contribution in [3.63, 3.8) is 0 Å². The lowest BCUT2D eigenvalue weighted by atomic mass is 10.3. The highest BCUT2D eigenvalue weighted by Gasteiger charge is 2.12. The summed E-state index contributed by atoms with van der Waals surface area (Å²) in [5.74, 6) is -0.657. The van der Waals surface area contributed by atoms with Crippen molar-refractivity contribution in [1.82, 2.24) is 9.97 Å². The van der Waals surface area contributed by atoms with Crippen molar-refractivity contribution in [1.29, 1.82) is 0 Å². The number of hydrogen-bond donors (Lipinski definition) is 3. The maximum atomic E-state index is 13.3. The molecule has 18 heavy (non-hydrogen) atoms. The van der Waals surface area contributed by atoms with E-state index >= 15 is 0 Å². The van der Waals surface area contributed by atoms with E-state index in [-0.39, 0.29) is 27.5 Å². The number of nitrogens with zero attached hydrogens (tertiary/aromatic N) is 1. The van der Waals surface area contributed by atoms with Gasteiger partial charge in [0.25, 0.3) is 5.56 Å². The molecule has 0 aliphatic rings. The van der Waals surface area contributed by atoms with Crippen molar-refractivity contribution in [2.75, 3.05) is 11.5 Å². The molecular weight excluding hydrogens is 307 g/mol. The van der Waals surface area contributed by atoms with E-state index in [1.165, 1.54) is 6.07 Å². The van der Waals surface area contributed by atoms with Crippen LogP contribution in [0.5, 0.6) is 11.6 Å². The number of anilines is 2. The third-order valence-corrected chi connectivity index (χ3v) is 2.72. The monoisotopic (exact) mass is 314 g/mol. The number of hydrogen-bond acceptors (Lipinski definition) is 5. The molecule has 1 heterocycles. The van der Waals surface area contributed by atoms with Crippen LogP contribution in [0.25, 0.3) is 0 Å². The first-order valence-electron chi connectivity index (χ1n) is 4.74. The first kappa shape index (κ1) is 12.4. The van der Waals surface area contributed by atoms with Crippen LogP contribution in [0, 0.1) is 5.82 Å². The molecular formula is C10H8BrFN4O2. The summed E-state index contributed by atoms with van der Waals surface area (Å²) in [6.07, 6.45) is 1.12. The van der Waals surface area contributed by atoms with Crippen LogP contribution in [0.15, 0.2) is 27.7 Å². The van der Waals surface area contributed by atoms with Gasteiger partial charge in [-0.25, -0.2) is 9.37 Å². The van der Waals surface area contributed by atoms with Crippen LogP contribution < -0.4 is 21.8 Å². The summed E-state index contributed by atoms with van der Waals surface area (Å²) in [7, 11) is 0. The molecule has 0 spiro atoms. The van der Waals surface area contributed by atoms with Gasteiger partial charge in [-0.3, -0.25) is 4.79 Å². The summed E-state index contributed by atoms with van der Waals surface area (Å²) in [6, 6.07) is 2.41. The first-order valence-corrected chi connectivity index (χ1v) is 5.54. The molecule has 0 unspecified atom stereocenters. The quantitative estimate of drug-likeness (QED) is 0.730. The summed E-state index contributed by atoms with van der Waals surface area (Å²) >= 11 is 2.99. The molecule has 0 saturated carbocycles. The minimum absolute atomic E-state index is 0.0282. The smallest absolute Gasteiger partial charge is 0.277 e. The molecule has 8 heteroatoms. The SMILES string of the molecule is Nc1cc(Br)c(F)cc1Oc1nc[nH]c(=O)c1N. The van der Waals surface area contributed by atoms with Crippen molar-refractivity contribution < 1.29 is 9.13 Å². The van der Waals surface area contributed by atoms with Crippen LogP contribution >= 0.6 is 15.9 Å². The molecule has 5 N–H and O–H groups in total. The topological polar surface area (TPSA) is 107 Å². The molecule has 0 fully saturated rings. The van der Waals surface area contributed by atoms with Crippen LogP contribution in [0.3, 0.4) is 0 Å². The zero-order valence-electron chi connectivity index (χ0n) is 8.91. The van der Waals surface area contributed by atoms with Gasteiger partial charge in [0, 0.05) is 6.07 Å². The highest BCUT2D eigenvalue weighted by Crippen LogP contribution is 2.32. The van der Waals surface area contributed by atoms with E-state index in [0.29, 0.717) is 0 Å². The molecule has 0 aliphatic heterocycles. The van der Waals surface area contributed by atoms with Crippen LogP contribution in [-0.4, -0.2) is 9.97 Å². The maximum absolute atomic E-state index is 13.3. The van der Waals surface area contributed by atoms with Gasteiger partial charge in [0.1, 0.15) is 5.82 Å². The van der Waals surface area contributed by atoms with Crippen molar-refractivity contribution in [2.24, 2.45) is 0 Å². The van der Waals surface area contributed by atoms with Gasteiger partial charge in [-0.2, -0.15) is 0 Å². The Morgan fingerprint density at radius 1 is 1.39 bits per heavy atom. The fourth-order valence-electron chi connectivity index (χ4n) is 1.21. The molecule has 6 nitrogen and oxygen atoms in total. The maximum Gasteiger partial charge on any atom is 0.277 e. The fraction of sp³-hybridized carbons (Fsp3) is 0. The Bertz CT molecular complexity index is 659. The average molecular weight is 315 g/mol. The van der Waals surface area contributed by atoms with Gasteiger partial charge in [0.05, 0.1) is 16.5 Å². The first-order chi connectivity index (χ1) is 8.49. The molecule has 0 atom stereocenters. The summed E-state index contributed by atoms with van der Waals surface area (Å²) in [5.41, 5.74) is 10.6. The third-order valence-electron chi connectivity index (χ3n) is 2.11. The summed E-state index contributed by atoms with van der Waals surface area (Å²) in [6.45, 7) is 0. The Morgan fingerprint density at radius 2 is 2.11 bits per heavy atom. The predicted octanol–water partition coefficient (Wildman–Crippen LogP) is 1.63. The molecule has 1 aromatic heterocycles. The van der Waals surface area contributed by atoms with E-state index in [0.717, 1.165) is 12.4 Å². The fourth-order valence-corrected chi connectivity index (χ4v) is 1.57. The summed E-state index contributed by atoms with van der Waals surface area (Å²) < 4.78 is 18.8. The van der Waals surface area contributed by atoms with Crippen molar-refractivity contribution in [3.8, 4) is 11.6 Å². The molecule has 0 radical (unpaired) electrons. The second-order valence-corrected chi connectivity index (χ2v) is 4.21. The van der Waals surface area contributed by atoms with Crippen molar-refractivity contribution in [2.45, 2.75) is 0 Å². The van der Waals surface area contributed by atoms with Crippen LogP contribution in [0.4, 0.5) is 15.8 Å². The number of H-pyrrole nitrogens is 1. The Labute approximate surface area is 109 Å². The number of benzene rings is 1. The summed E-state index contributed by atoms with van der Waals surface area (Å²) in [4.78, 5) is 17.2. The standard InChI is InChI=1S/C10H8BrFN4O2/c11-4-1-6(13)7(2-5(4)12)18-10-8(14)9(17)15-3-16-10/h1-3H,13-14H2,(H,15,16,17). The lowest BCUT2D eigenvalue weighted by Crippen LogP contribution is -2.13. The van der Waals surface area contributed by atoms with Gasteiger partial charge in [0.2, 0.25) is 5.88 Å². The Balaban J connectivity index is 2.43. The minimum atomic E-state index is -0.553. The van der Waals surface area contributed by atoms with E-state index in [2.05, 4.69) is 25.9 Å². The zero-order valence-corrected chi connectivity index (χ0v) is 10.5. The number of halogens is 2. The van der Waals surface area contributed by atoms with E-state index in [9.17, 15) is 9.18 Å². The number of rotatable bonds is 2. The normalized spacial score (nSPS) is 10.3. The average Bonchev–Trinajstić information content (AvgIpc) is 2.32. The second kappa shape index (κ2) is 4.65. The predicted molar refractivity (Wildman–Crippen MR) is 67.9 cm³/mol. The van der Waals surface area contributed by atoms with Gasteiger partial charge >= 0.3 is 0 Å². The Morgan fingerprint density at radius 3 is 2.83 bits per heavy atom. The van der Waals surface area contributed by atoms with Gasteiger partial charge in [-0.1, -0.05) is 0 Å². The number of aromatic nitrogens is 2. The highest BCUT2D eigenvalue weighted by molar-refractivity contribution is 9.10. The van der Waals surface area contributed by atoms with Crippen LogP contribution in [0.2, 0.25) is 0 Å².